The van der Waals surface area contributed by atoms with E-state index in [0.717, 1.165) is 0 Å². The summed E-state index contributed by atoms with van der Waals surface area (Å²) < 4.78 is 17.0. The lowest BCUT2D eigenvalue weighted by atomic mass is 10.2. The maximum atomic E-state index is 5.67. The van der Waals surface area contributed by atoms with E-state index in [-0.39, 0.29) is 0 Å². The van der Waals surface area contributed by atoms with Gasteiger partial charge in [-0.1, -0.05) is 19.9 Å². The zero-order chi connectivity index (χ0) is 11.7. The molecule has 15 heavy (non-hydrogen) atoms. The molecule has 0 saturated carbocycles. The lowest BCUT2D eigenvalue weighted by molar-refractivity contribution is 0.0841. The molecule has 0 saturated heterocycles. The average molecular weight is 232 g/mol. The summed E-state index contributed by atoms with van der Waals surface area (Å²) in [5.41, 5.74) is 1.99. The van der Waals surface area contributed by atoms with Gasteiger partial charge in [0.15, 0.2) is 0 Å². The summed E-state index contributed by atoms with van der Waals surface area (Å²) in [4.78, 5) is 0. The first-order chi connectivity index (χ1) is 7.10. The summed E-state index contributed by atoms with van der Waals surface area (Å²) in [5, 5.41) is 0. The summed E-state index contributed by atoms with van der Waals surface area (Å²) >= 11 is 0. The van der Waals surface area contributed by atoms with E-state index in [0.29, 0.717) is 25.7 Å². The Bertz CT molecular complexity index is 164. The summed E-state index contributed by atoms with van der Waals surface area (Å²) in [5.74, 6) is 0.484. The maximum Gasteiger partial charge on any atom is 0.529 e. The van der Waals surface area contributed by atoms with E-state index in [9.17, 15) is 0 Å². The lowest BCUT2D eigenvalue weighted by Gasteiger charge is -2.25. The smallest absolute Gasteiger partial charge is 0.371 e. The molecule has 0 unspecified atom stereocenters. The van der Waals surface area contributed by atoms with Gasteiger partial charge >= 0.3 is 8.80 Å². The maximum absolute atomic E-state index is 5.67. The van der Waals surface area contributed by atoms with Crippen molar-refractivity contribution in [2.45, 2.75) is 34.6 Å². The van der Waals surface area contributed by atoms with Crippen LogP contribution in [0, 0.1) is 5.92 Å². The molecule has 0 bridgehead atoms. The Hall–Kier alpha value is -0.163. The van der Waals surface area contributed by atoms with Gasteiger partial charge in [0.2, 0.25) is 0 Å². The van der Waals surface area contributed by atoms with Crippen molar-refractivity contribution in [2.24, 2.45) is 5.92 Å². The summed E-state index contributed by atoms with van der Waals surface area (Å²) in [6.45, 7) is 12.0. The Balaban J connectivity index is 4.59. The Kier molecular flexibility index (Phi) is 7.96. The Labute approximate surface area is 94.8 Å². The number of allylic oxidation sites excluding steroid dienone is 1. The first-order valence-electron chi connectivity index (χ1n) is 5.71. The summed E-state index contributed by atoms with van der Waals surface area (Å²) in [6, 6.07) is 0. The largest absolute Gasteiger partial charge is 0.529 e. The highest BCUT2D eigenvalue weighted by atomic mass is 28.4. The summed E-state index contributed by atoms with van der Waals surface area (Å²) in [6.07, 6.45) is 2.09. The highest BCUT2D eigenvalue weighted by Gasteiger charge is 2.37. The molecular weight excluding hydrogens is 208 g/mol. The van der Waals surface area contributed by atoms with Crippen LogP contribution in [0.2, 0.25) is 0 Å². The van der Waals surface area contributed by atoms with Crippen LogP contribution in [0.5, 0.6) is 0 Å². The molecule has 0 aliphatic heterocycles. The summed E-state index contributed by atoms with van der Waals surface area (Å²) in [7, 11) is -2.54. The molecule has 0 aromatic rings. The number of hydrogen-bond acceptors (Lipinski definition) is 3. The number of hydrogen-bond donors (Lipinski definition) is 0. The van der Waals surface area contributed by atoms with Crippen LogP contribution in [0.4, 0.5) is 0 Å². The van der Waals surface area contributed by atoms with Gasteiger partial charge in [-0.2, -0.15) is 0 Å². The van der Waals surface area contributed by atoms with Gasteiger partial charge in [0.1, 0.15) is 0 Å². The highest BCUT2D eigenvalue weighted by molar-refractivity contribution is 6.66. The van der Waals surface area contributed by atoms with E-state index in [4.69, 9.17) is 13.3 Å². The van der Waals surface area contributed by atoms with Gasteiger partial charge in [-0.05, 0) is 32.4 Å². The van der Waals surface area contributed by atoms with E-state index in [2.05, 4.69) is 19.9 Å². The van der Waals surface area contributed by atoms with Crippen molar-refractivity contribution in [3.63, 3.8) is 0 Å². The first-order valence-corrected chi connectivity index (χ1v) is 7.51. The van der Waals surface area contributed by atoms with Crippen LogP contribution in [-0.4, -0.2) is 28.6 Å². The van der Waals surface area contributed by atoms with Crippen molar-refractivity contribution in [1.82, 2.24) is 0 Å². The molecule has 90 valence electrons. The van der Waals surface area contributed by atoms with Crippen molar-refractivity contribution in [3.8, 4) is 0 Å². The van der Waals surface area contributed by atoms with E-state index in [1.165, 1.54) is 0 Å². The highest BCUT2D eigenvalue weighted by Crippen LogP contribution is 2.13. The van der Waals surface area contributed by atoms with Crippen LogP contribution >= 0.6 is 0 Å². The second-order valence-electron chi connectivity index (χ2n) is 3.51. The molecule has 0 N–H and O–H groups in total. The molecule has 3 nitrogen and oxygen atoms in total. The monoisotopic (exact) mass is 232 g/mol. The Morgan fingerprint density at radius 3 is 1.60 bits per heavy atom. The molecule has 0 fully saturated rings. The molecule has 0 atom stereocenters. The van der Waals surface area contributed by atoms with Gasteiger partial charge in [0, 0.05) is 19.8 Å². The van der Waals surface area contributed by atoms with Crippen molar-refractivity contribution >= 4 is 8.80 Å². The molecule has 0 aromatic heterocycles. The normalized spacial score (nSPS) is 12.9. The Morgan fingerprint density at radius 1 is 0.933 bits per heavy atom. The first kappa shape index (κ1) is 14.8. The van der Waals surface area contributed by atoms with E-state index >= 15 is 0 Å². The fourth-order valence-electron chi connectivity index (χ4n) is 1.18. The van der Waals surface area contributed by atoms with Gasteiger partial charge in [0.05, 0.1) is 0 Å². The zero-order valence-corrected chi connectivity index (χ0v) is 11.6. The SMILES string of the molecule is CCO[Si](/C=C/C(C)C)(OCC)OCC. The van der Waals surface area contributed by atoms with E-state index < -0.39 is 8.80 Å². The molecule has 0 amide bonds. The molecule has 0 aromatic carbocycles. The fourth-order valence-corrected chi connectivity index (χ4v) is 3.55. The second kappa shape index (κ2) is 8.04. The predicted molar refractivity (Wildman–Crippen MR) is 64.6 cm³/mol. The molecule has 4 heteroatoms. The van der Waals surface area contributed by atoms with Gasteiger partial charge in [-0.25, -0.2) is 0 Å². The fraction of sp³-hybridized carbons (Fsp3) is 0.818. The van der Waals surface area contributed by atoms with Crippen molar-refractivity contribution in [2.75, 3.05) is 19.8 Å². The quantitative estimate of drug-likeness (QED) is 0.602. The third kappa shape index (κ3) is 6.09. The minimum atomic E-state index is -2.54. The standard InChI is InChI=1S/C11H24O3Si/c1-6-12-15(13-7-2,14-8-3)10-9-11(4)5/h9-11H,6-8H2,1-5H3/b10-9+. The van der Waals surface area contributed by atoms with E-state index in [1.807, 2.05) is 26.5 Å². The van der Waals surface area contributed by atoms with Crippen LogP contribution in [0.1, 0.15) is 34.6 Å². The van der Waals surface area contributed by atoms with Crippen LogP contribution in [0.15, 0.2) is 11.8 Å². The lowest BCUT2D eigenvalue weighted by Crippen LogP contribution is -2.44. The minimum absolute atomic E-state index is 0.484. The van der Waals surface area contributed by atoms with E-state index in [1.54, 1.807) is 0 Å². The molecule has 0 aliphatic rings. The Morgan fingerprint density at radius 2 is 1.33 bits per heavy atom. The van der Waals surface area contributed by atoms with Gasteiger partial charge in [-0.15, -0.1) is 0 Å². The molecule has 0 radical (unpaired) electrons. The van der Waals surface area contributed by atoms with Crippen LogP contribution in [0.3, 0.4) is 0 Å². The third-order valence-electron chi connectivity index (χ3n) is 1.72. The molecule has 0 aliphatic carbocycles. The zero-order valence-electron chi connectivity index (χ0n) is 10.6. The topological polar surface area (TPSA) is 27.7 Å². The second-order valence-corrected chi connectivity index (χ2v) is 5.91. The van der Waals surface area contributed by atoms with Crippen molar-refractivity contribution in [1.29, 1.82) is 0 Å². The molecule has 0 rings (SSSR count). The van der Waals surface area contributed by atoms with Gasteiger partial charge in [-0.3, -0.25) is 0 Å². The van der Waals surface area contributed by atoms with Gasteiger partial charge in [0.25, 0.3) is 0 Å². The number of rotatable bonds is 8. The molecule has 0 heterocycles. The molecule has 0 spiro atoms. The predicted octanol–water partition coefficient (Wildman–Crippen LogP) is 2.79. The molecular formula is C11H24O3Si. The van der Waals surface area contributed by atoms with Crippen LogP contribution in [-0.2, 0) is 13.3 Å². The third-order valence-corrected chi connectivity index (χ3v) is 4.40. The van der Waals surface area contributed by atoms with Crippen LogP contribution in [0.25, 0.3) is 0 Å². The average Bonchev–Trinajstić information content (AvgIpc) is 2.16. The van der Waals surface area contributed by atoms with Crippen LogP contribution < -0.4 is 0 Å². The van der Waals surface area contributed by atoms with Crippen molar-refractivity contribution < 1.29 is 13.3 Å². The van der Waals surface area contributed by atoms with Crippen molar-refractivity contribution in [3.05, 3.63) is 11.8 Å². The minimum Gasteiger partial charge on any atom is -0.371 e. The van der Waals surface area contributed by atoms with Gasteiger partial charge < -0.3 is 13.3 Å².